The van der Waals surface area contributed by atoms with Crippen LogP contribution in [0.25, 0.3) is 0 Å². The molecule has 0 aromatic rings. The zero-order chi connectivity index (χ0) is 17.9. The molecule has 25 heavy (non-hydrogen) atoms. The van der Waals surface area contributed by atoms with Crippen LogP contribution >= 0.6 is 0 Å². The topological polar surface area (TPSA) is 46.7 Å². The molecule has 4 saturated carbocycles. The monoisotopic (exact) mass is 346 g/mol. The molecule has 0 aromatic heterocycles. The zero-order valence-corrected chi connectivity index (χ0v) is 15.3. The van der Waals surface area contributed by atoms with E-state index in [1.54, 1.807) is 0 Å². The van der Waals surface area contributed by atoms with E-state index in [1.807, 2.05) is 6.92 Å². The number of alkyl halides is 1. The predicted octanol–water partition coefficient (Wildman–Crippen LogP) is 3.66. The summed E-state index contributed by atoms with van der Waals surface area (Å²) in [5.41, 5.74) is -0.127. The van der Waals surface area contributed by atoms with Crippen LogP contribution in [0.2, 0.25) is 0 Å². The third-order valence-electron chi connectivity index (χ3n) is 9.15. The lowest BCUT2D eigenvalue weighted by molar-refractivity contribution is -0.142. The number of fused-ring (bicyclic) bond motifs is 4. The molecule has 3 nitrogen and oxygen atoms in total. The fourth-order valence-electron chi connectivity index (χ4n) is 7.63. The Morgan fingerprint density at radius 1 is 1.20 bits per heavy atom. The van der Waals surface area contributed by atoms with Crippen LogP contribution in [0.3, 0.4) is 0 Å². The van der Waals surface area contributed by atoms with Crippen molar-refractivity contribution in [1.29, 1.82) is 0 Å². The molecule has 1 heterocycles. The van der Waals surface area contributed by atoms with Gasteiger partial charge in [0, 0.05) is 17.3 Å². The molecule has 136 valence electrons. The van der Waals surface area contributed by atoms with Crippen molar-refractivity contribution in [2.24, 2.45) is 34.5 Å². The molecule has 9 atom stereocenters. The number of hydrogen-bond donors (Lipinski definition) is 0. The highest BCUT2D eigenvalue weighted by Gasteiger charge is 2.80. The van der Waals surface area contributed by atoms with Gasteiger partial charge in [0.15, 0.2) is 23.8 Å². The molecule has 1 aliphatic heterocycles. The Morgan fingerprint density at radius 3 is 2.64 bits per heavy atom. The second-order valence-corrected chi connectivity index (χ2v) is 9.80. The number of Topliss-reactive ketones (excluding diaryl/α,β-unsaturated/α-hetero) is 2. The van der Waals surface area contributed by atoms with Crippen molar-refractivity contribution < 1.29 is 18.7 Å². The van der Waals surface area contributed by atoms with Crippen molar-refractivity contribution in [2.75, 3.05) is 0 Å². The summed E-state index contributed by atoms with van der Waals surface area (Å²) >= 11 is 0. The lowest BCUT2D eigenvalue weighted by Crippen LogP contribution is -2.61. The molecule has 0 aromatic carbocycles. The first kappa shape index (κ1) is 16.2. The summed E-state index contributed by atoms with van der Waals surface area (Å²) in [6, 6.07) is 0. The van der Waals surface area contributed by atoms with Crippen molar-refractivity contribution >= 4 is 11.6 Å². The van der Waals surface area contributed by atoms with Crippen LogP contribution < -0.4 is 0 Å². The van der Waals surface area contributed by atoms with Gasteiger partial charge in [-0.15, -0.1) is 0 Å². The third kappa shape index (κ3) is 1.54. The molecule has 0 amide bonds. The number of ether oxygens (including phenoxy) is 1. The van der Waals surface area contributed by atoms with Gasteiger partial charge in [0.1, 0.15) is 5.60 Å². The lowest BCUT2D eigenvalue weighted by Gasteiger charge is -2.60. The van der Waals surface area contributed by atoms with Gasteiger partial charge in [0.2, 0.25) is 0 Å². The summed E-state index contributed by atoms with van der Waals surface area (Å²) in [6.45, 7) is 10.8. The minimum atomic E-state index is -1.30. The highest BCUT2D eigenvalue weighted by molar-refractivity contribution is 5.92. The molecule has 0 bridgehead atoms. The third-order valence-corrected chi connectivity index (χ3v) is 9.15. The SMILES string of the molecule is C=C1C[C@@H]2[C@H](CC[C@]3(C)C(=O)[C@@H](F)C[C@@H]23)[C@@]2(C)[C@H](C)CC(=O)C3OC132. The molecular weight excluding hydrogens is 319 g/mol. The van der Waals surface area contributed by atoms with Crippen molar-refractivity contribution in [2.45, 2.75) is 70.8 Å². The van der Waals surface area contributed by atoms with Crippen LogP contribution in [0.4, 0.5) is 4.39 Å². The summed E-state index contributed by atoms with van der Waals surface area (Å²) in [6.07, 6.45) is 1.78. The van der Waals surface area contributed by atoms with Crippen molar-refractivity contribution in [1.82, 2.24) is 0 Å². The highest BCUT2D eigenvalue weighted by Crippen LogP contribution is 2.74. The Kier molecular flexibility index (Phi) is 2.87. The van der Waals surface area contributed by atoms with Gasteiger partial charge in [-0.25, -0.2) is 4.39 Å². The summed E-state index contributed by atoms with van der Waals surface area (Å²) < 4.78 is 20.4. The van der Waals surface area contributed by atoms with Crippen LogP contribution in [0.1, 0.15) is 52.9 Å². The molecule has 1 spiro atoms. The maximum atomic E-state index is 14.3. The van der Waals surface area contributed by atoms with Crippen LogP contribution in [-0.4, -0.2) is 29.4 Å². The molecular formula is C21H27FO3. The summed E-state index contributed by atoms with van der Waals surface area (Å²) in [5.74, 6) is 1.02. The van der Waals surface area contributed by atoms with Gasteiger partial charge in [0.25, 0.3) is 0 Å². The fraction of sp³-hybridized carbons (Fsp3) is 0.810. The molecule has 0 radical (unpaired) electrons. The molecule has 4 heteroatoms. The van der Waals surface area contributed by atoms with Crippen molar-refractivity contribution in [3.63, 3.8) is 0 Å². The standard InChI is InChI=1S/C21H27FO3/c1-10-8-16(23)18-21(25-18)11(2)7-12-13(20(10,21)4)5-6-19(3)14(12)9-15(22)17(19)24/h10,12-15,18H,2,5-9H2,1,3-4H3/t10-,12-,13+,14+,15+,18?,19+,20-,21?/m1/s1. The minimum Gasteiger partial charge on any atom is -0.352 e. The van der Waals surface area contributed by atoms with Crippen molar-refractivity contribution in [3.05, 3.63) is 12.2 Å². The van der Waals surface area contributed by atoms with E-state index in [4.69, 9.17) is 4.74 Å². The average molecular weight is 346 g/mol. The van der Waals surface area contributed by atoms with E-state index in [0.717, 1.165) is 24.8 Å². The van der Waals surface area contributed by atoms with E-state index in [-0.39, 0.29) is 40.8 Å². The first-order valence-corrected chi connectivity index (χ1v) is 9.75. The maximum Gasteiger partial charge on any atom is 0.173 e. The Hall–Kier alpha value is -1.03. The molecule has 5 fully saturated rings. The quantitative estimate of drug-likeness (QED) is 0.497. The number of rotatable bonds is 0. The van der Waals surface area contributed by atoms with E-state index in [0.29, 0.717) is 18.8 Å². The largest absolute Gasteiger partial charge is 0.352 e. The maximum absolute atomic E-state index is 14.3. The second-order valence-electron chi connectivity index (χ2n) is 9.80. The highest BCUT2D eigenvalue weighted by atomic mass is 19.1. The van der Waals surface area contributed by atoms with Gasteiger partial charge in [-0.1, -0.05) is 27.4 Å². The van der Waals surface area contributed by atoms with Gasteiger partial charge in [0.05, 0.1) is 0 Å². The first-order valence-electron chi connectivity index (χ1n) is 9.75. The van der Waals surface area contributed by atoms with Crippen LogP contribution in [-0.2, 0) is 14.3 Å². The molecule has 2 unspecified atom stereocenters. The van der Waals surface area contributed by atoms with E-state index < -0.39 is 17.2 Å². The van der Waals surface area contributed by atoms with Crippen molar-refractivity contribution in [3.8, 4) is 0 Å². The molecule has 0 N–H and O–H groups in total. The Bertz CT molecular complexity index is 716. The van der Waals surface area contributed by atoms with Gasteiger partial charge >= 0.3 is 0 Å². The minimum absolute atomic E-state index is 0.0988. The number of halogens is 1. The van der Waals surface area contributed by atoms with Gasteiger partial charge in [-0.3, -0.25) is 9.59 Å². The molecule has 4 aliphatic carbocycles. The van der Waals surface area contributed by atoms with E-state index in [2.05, 4.69) is 20.4 Å². The zero-order valence-electron chi connectivity index (χ0n) is 15.3. The van der Waals surface area contributed by atoms with Gasteiger partial charge in [-0.05, 0) is 54.9 Å². The summed E-state index contributed by atoms with van der Waals surface area (Å²) in [4.78, 5) is 24.9. The van der Waals surface area contributed by atoms with E-state index in [1.165, 1.54) is 0 Å². The number of carbonyl (C=O) groups is 2. The smallest absolute Gasteiger partial charge is 0.173 e. The van der Waals surface area contributed by atoms with Crippen LogP contribution in [0.5, 0.6) is 0 Å². The van der Waals surface area contributed by atoms with Crippen LogP contribution in [0.15, 0.2) is 12.2 Å². The predicted molar refractivity (Wildman–Crippen MR) is 90.6 cm³/mol. The Labute approximate surface area is 148 Å². The average Bonchev–Trinajstić information content (AvgIpc) is 3.27. The lowest BCUT2D eigenvalue weighted by atomic mass is 9.42. The van der Waals surface area contributed by atoms with Gasteiger partial charge in [-0.2, -0.15) is 0 Å². The Balaban J connectivity index is 1.60. The molecule has 1 saturated heterocycles. The number of epoxide rings is 1. The first-order chi connectivity index (χ1) is 11.7. The van der Waals surface area contributed by atoms with Crippen LogP contribution in [0, 0.1) is 34.5 Å². The molecule has 5 rings (SSSR count). The number of ketones is 2. The second kappa shape index (κ2) is 4.44. The summed E-state index contributed by atoms with van der Waals surface area (Å²) in [5, 5.41) is 0. The number of carbonyl (C=O) groups excluding carboxylic acids is 2. The molecule has 5 aliphatic rings. The van der Waals surface area contributed by atoms with Gasteiger partial charge < -0.3 is 4.74 Å². The summed E-state index contributed by atoms with van der Waals surface area (Å²) in [7, 11) is 0. The normalized spacial score (nSPS) is 59.8. The van der Waals surface area contributed by atoms with E-state index >= 15 is 0 Å². The van der Waals surface area contributed by atoms with E-state index in [9.17, 15) is 14.0 Å². The Morgan fingerprint density at radius 2 is 1.92 bits per heavy atom. The fourth-order valence-corrected chi connectivity index (χ4v) is 7.63. The number of hydrogen-bond acceptors (Lipinski definition) is 3.